The molecule has 9 heavy (non-hydrogen) atoms. The SMILES string of the molecule is CC(C)(C)C(P)CC=O. The highest BCUT2D eigenvalue weighted by Gasteiger charge is 2.18. The molecule has 54 valence electrons. The second-order valence-corrected chi connectivity index (χ2v) is 4.18. The first-order chi connectivity index (χ1) is 3.98. The van der Waals surface area contributed by atoms with Crippen LogP contribution in [0.15, 0.2) is 0 Å². The summed E-state index contributed by atoms with van der Waals surface area (Å²) in [6.45, 7) is 6.40. The largest absolute Gasteiger partial charge is 0.303 e. The van der Waals surface area contributed by atoms with E-state index in [1.54, 1.807) is 0 Å². The zero-order valence-electron chi connectivity index (χ0n) is 6.35. The molecule has 0 aromatic heterocycles. The number of hydrogen-bond acceptors (Lipinski definition) is 1. The van der Waals surface area contributed by atoms with E-state index < -0.39 is 0 Å². The van der Waals surface area contributed by atoms with Gasteiger partial charge in [-0.25, -0.2) is 0 Å². The van der Waals surface area contributed by atoms with Crippen molar-refractivity contribution in [3.05, 3.63) is 0 Å². The summed E-state index contributed by atoms with van der Waals surface area (Å²) in [5.74, 6) is 0. The summed E-state index contributed by atoms with van der Waals surface area (Å²) in [6.07, 6.45) is 1.62. The normalized spacial score (nSPS) is 15.1. The summed E-state index contributed by atoms with van der Waals surface area (Å²) < 4.78 is 0. The van der Waals surface area contributed by atoms with Gasteiger partial charge in [0.15, 0.2) is 0 Å². The van der Waals surface area contributed by atoms with Crippen LogP contribution < -0.4 is 0 Å². The minimum absolute atomic E-state index is 0.242. The molecule has 0 aliphatic heterocycles. The van der Waals surface area contributed by atoms with Crippen LogP contribution in [-0.4, -0.2) is 11.9 Å². The second-order valence-electron chi connectivity index (χ2n) is 3.37. The Morgan fingerprint density at radius 2 is 2.00 bits per heavy atom. The Balaban J connectivity index is 3.72. The third-order valence-electron chi connectivity index (χ3n) is 1.46. The van der Waals surface area contributed by atoms with E-state index in [1.807, 2.05) is 0 Å². The molecule has 2 unspecified atom stereocenters. The summed E-state index contributed by atoms with van der Waals surface area (Å²) >= 11 is 0. The first-order valence-corrected chi connectivity index (χ1v) is 3.84. The number of hydrogen-bond donors (Lipinski definition) is 0. The summed E-state index contributed by atoms with van der Waals surface area (Å²) in [7, 11) is 2.69. The van der Waals surface area contributed by atoms with Crippen LogP contribution in [0.3, 0.4) is 0 Å². The lowest BCUT2D eigenvalue weighted by Crippen LogP contribution is -2.20. The molecule has 0 aromatic rings. The van der Waals surface area contributed by atoms with E-state index in [-0.39, 0.29) is 5.41 Å². The van der Waals surface area contributed by atoms with Crippen LogP contribution in [0.25, 0.3) is 0 Å². The molecule has 2 heteroatoms. The minimum atomic E-state index is 0.242. The van der Waals surface area contributed by atoms with Crippen molar-refractivity contribution >= 4 is 15.5 Å². The molecule has 1 nitrogen and oxygen atoms in total. The van der Waals surface area contributed by atoms with Crippen molar-refractivity contribution in [2.75, 3.05) is 0 Å². The quantitative estimate of drug-likeness (QED) is 0.429. The van der Waals surface area contributed by atoms with Gasteiger partial charge in [-0.3, -0.25) is 0 Å². The summed E-state index contributed by atoms with van der Waals surface area (Å²) in [5, 5.41) is 0. The zero-order chi connectivity index (χ0) is 7.49. The van der Waals surface area contributed by atoms with Gasteiger partial charge in [0.1, 0.15) is 6.29 Å². The van der Waals surface area contributed by atoms with Crippen molar-refractivity contribution in [2.24, 2.45) is 5.41 Å². The second kappa shape index (κ2) is 3.31. The lowest BCUT2D eigenvalue weighted by atomic mass is 9.90. The minimum Gasteiger partial charge on any atom is -0.303 e. The summed E-state index contributed by atoms with van der Waals surface area (Å²) in [6, 6.07) is 0. The van der Waals surface area contributed by atoms with Crippen molar-refractivity contribution in [3.63, 3.8) is 0 Å². The molecule has 0 spiro atoms. The van der Waals surface area contributed by atoms with Gasteiger partial charge in [0.2, 0.25) is 0 Å². The highest BCUT2D eigenvalue weighted by atomic mass is 31.0. The highest BCUT2D eigenvalue weighted by molar-refractivity contribution is 7.17. The molecule has 0 fully saturated rings. The van der Waals surface area contributed by atoms with Gasteiger partial charge in [-0.05, 0) is 11.1 Å². The van der Waals surface area contributed by atoms with Crippen LogP contribution in [0, 0.1) is 5.41 Å². The van der Waals surface area contributed by atoms with Gasteiger partial charge < -0.3 is 4.79 Å². The monoisotopic (exact) mass is 146 g/mol. The van der Waals surface area contributed by atoms with Gasteiger partial charge in [0, 0.05) is 6.42 Å². The molecular formula is C7H15OP. The summed E-state index contributed by atoms with van der Waals surface area (Å²) in [5.41, 5.74) is 0.654. The van der Waals surface area contributed by atoms with Gasteiger partial charge in [-0.15, -0.1) is 9.24 Å². The maximum Gasteiger partial charge on any atom is 0.120 e. The van der Waals surface area contributed by atoms with E-state index in [0.29, 0.717) is 12.1 Å². The Kier molecular flexibility index (Phi) is 3.35. The lowest BCUT2D eigenvalue weighted by molar-refractivity contribution is -0.108. The fourth-order valence-corrected chi connectivity index (χ4v) is 0.568. The fourth-order valence-electron chi connectivity index (χ4n) is 0.457. The van der Waals surface area contributed by atoms with Crippen LogP contribution in [0.1, 0.15) is 27.2 Å². The summed E-state index contributed by atoms with van der Waals surface area (Å²) in [4.78, 5) is 10.0. The first kappa shape index (κ1) is 9.10. The van der Waals surface area contributed by atoms with Crippen molar-refractivity contribution in [1.29, 1.82) is 0 Å². The third-order valence-corrected chi connectivity index (χ3v) is 2.73. The first-order valence-electron chi connectivity index (χ1n) is 3.17. The van der Waals surface area contributed by atoms with E-state index in [0.717, 1.165) is 6.29 Å². The molecule has 0 saturated heterocycles. The molecule has 0 bridgehead atoms. The number of carbonyl (C=O) groups is 1. The van der Waals surface area contributed by atoms with Crippen LogP contribution in [-0.2, 0) is 4.79 Å². The van der Waals surface area contributed by atoms with Crippen molar-refractivity contribution in [3.8, 4) is 0 Å². The molecule has 0 rings (SSSR count). The molecule has 0 aliphatic carbocycles. The van der Waals surface area contributed by atoms with E-state index in [2.05, 4.69) is 30.0 Å². The standard InChI is InChI=1S/C7H15OP/c1-7(2,3)6(9)4-5-8/h5-6H,4,9H2,1-3H3. The maximum atomic E-state index is 10.0. The Bertz CT molecular complexity index is 93.6. The molecule has 0 N–H and O–H groups in total. The van der Waals surface area contributed by atoms with Gasteiger partial charge in [-0.1, -0.05) is 20.8 Å². The molecule has 0 heterocycles. The van der Waals surface area contributed by atoms with Crippen molar-refractivity contribution < 1.29 is 4.79 Å². The van der Waals surface area contributed by atoms with Crippen LogP contribution >= 0.6 is 9.24 Å². The van der Waals surface area contributed by atoms with Crippen LogP contribution in [0.5, 0.6) is 0 Å². The lowest BCUT2D eigenvalue weighted by Gasteiger charge is -2.24. The maximum absolute atomic E-state index is 10.0. The topological polar surface area (TPSA) is 17.1 Å². The molecule has 0 radical (unpaired) electrons. The molecule has 0 aromatic carbocycles. The van der Waals surface area contributed by atoms with Gasteiger partial charge in [0.05, 0.1) is 0 Å². The number of aldehydes is 1. The smallest absolute Gasteiger partial charge is 0.120 e. The molecule has 0 aliphatic rings. The zero-order valence-corrected chi connectivity index (χ0v) is 7.50. The van der Waals surface area contributed by atoms with Crippen molar-refractivity contribution in [1.82, 2.24) is 0 Å². The highest BCUT2D eigenvalue weighted by Crippen LogP contribution is 2.27. The van der Waals surface area contributed by atoms with E-state index in [9.17, 15) is 4.79 Å². The van der Waals surface area contributed by atoms with E-state index in [1.165, 1.54) is 0 Å². The van der Waals surface area contributed by atoms with E-state index >= 15 is 0 Å². The van der Waals surface area contributed by atoms with Crippen LogP contribution in [0.4, 0.5) is 0 Å². The predicted octanol–water partition coefficient (Wildman–Crippen LogP) is 1.87. The van der Waals surface area contributed by atoms with Gasteiger partial charge in [0.25, 0.3) is 0 Å². The Labute approximate surface area is 59.4 Å². The van der Waals surface area contributed by atoms with Gasteiger partial charge in [-0.2, -0.15) is 0 Å². The number of carbonyl (C=O) groups excluding carboxylic acids is 1. The molecule has 0 saturated carbocycles. The third kappa shape index (κ3) is 3.64. The van der Waals surface area contributed by atoms with Crippen molar-refractivity contribution in [2.45, 2.75) is 32.9 Å². The molecular weight excluding hydrogens is 131 g/mol. The predicted molar refractivity (Wildman–Crippen MR) is 43.6 cm³/mol. The van der Waals surface area contributed by atoms with E-state index in [4.69, 9.17) is 0 Å². The van der Waals surface area contributed by atoms with Gasteiger partial charge >= 0.3 is 0 Å². The Hall–Kier alpha value is 0.100. The Morgan fingerprint density at radius 3 is 2.11 bits per heavy atom. The average Bonchev–Trinajstić information content (AvgIpc) is 1.64. The van der Waals surface area contributed by atoms with Crippen LogP contribution in [0.2, 0.25) is 0 Å². The molecule has 0 amide bonds. The fraction of sp³-hybridized carbons (Fsp3) is 0.857. The average molecular weight is 146 g/mol. The molecule has 2 atom stereocenters. The number of rotatable bonds is 2. The Morgan fingerprint density at radius 1 is 1.56 bits per heavy atom.